The summed E-state index contributed by atoms with van der Waals surface area (Å²) in [5, 5.41) is 15.8. The standard InChI is InChI=1S/C4H6O4.Ni/c5-3(6)1-2-4(7)8;/h1-2H2,(H,5,6)(H,7,8);. The van der Waals surface area contributed by atoms with Crippen LogP contribution in [0.25, 0.3) is 0 Å². The fraction of sp³-hybridized carbons (Fsp3) is 0.500. The molecule has 0 aliphatic carbocycles. The molecule has 0 aliphatic rings. The van der Waals surface area contributed by atoms with Crippen LogP contribution in [0, 0.1) is 0 Å². The van der Waals surface area contributed by atoms with Crippen LogP contribution in [0.3, 0.4) is 0 Å². The second-order valence-corrected chi connectivity index (χ2v) is 1.29. The minimum absolute atomic E-state index is 0. The van der Waals surface area contributed by atoms with Gasteiger partial charge in [-0.3, -0.25) is 9.59 Å². The summed E-state index contributed by atoms with van der Waals surface area (Å²) in [6.45, 7) is 0. The average Bonchev–Trinajstić information content (AvgIpc) is 1.61. The van der Waals surface area contributed by atoms with Gasteiger partial charge in [-0.05, 0) is 0 Å². The average molecular weight is 177 g/mol. The van der Waals surface area contributed by atoms with Gasteiger partial charge in [-0.15, -0.1) is 0 Å². The van der Waals surface area contributed by atoms with Gasteiger partial charge in [-0.25, -0.2) is 0 Å². The van der Waals surface area contributed by atoms with E-state index in [0.717, 1.165) is 0 Å². The summed E-state index contributed by atoms with van der Waals surface area (Å²) in [7, 11) is 0. The van der Waals surface area contributed by atoms with Crippen LogP contribution in [0.1, 0.15) is 12.8 Å². The maximum atomic E-state index is 9.64. The van der Waals surface area contributed by atoms with Gasteiger partial charge in [0.1, 0.15) is 0 Å². The number of carboxylic acid groups (broad SMARTS) is 2. The Morgan fingerprint density at radius 2 is 1.22 bits per heavy atom. The largest absolute Gasteiger partial charge is 0.481 e. The van der Waals surface area contributed by atoms with Crippen molar-refractivity contribution in [2.45, 2.75) is 12.8 Å². The molecule has 0 rings (SSSR count). The van der Waals surface area contributed by atoms with Crippen molar-refractivity contribution in [2.24, 2.45) is 0 Å². The summed E-state index contributed by atoms with van der Waals surface area (Å²) in [5.74, 6) is -2.15. The number of aliphatic carboxylic acids is 2. The molecule has 0 fully saturated rings. The Morgan fingerprint density at radius 3 is 1.33 bits per heavy atom. The van der Waals surface area contributed by atoms with Gasteiger partial charge >= 0.3 is 11.9 Å². The Hall–Kier alpha value is -0.566. The van der Waals surface area contributed by atoms with Gasteiger partial charge in [0.15, 0.2) is 0 Å². The van der Waals surface area contributed by atoms with Crippen LogP contribution in [0.2, 0.25) is 0 Å². The van der Waals surface area contributed by atoms with Gasteiger partial charge < -0.3 is 10.2 Å². The molecule has 0 aromatic rings. The molecule has 0 atom stereocenters. The summed E-state index contributed by atoms with van der Waals surface area (Å²) in [6.07, 6.45) is -0.593. The maximum absolute atomic E-state index is 9.64. The van der Waals surface area contributed by atoms with E-state index < -0.39 is 11.9 Å². The second kappa shape index (κ2) is 5.57. The molecule has 4 nitrogen and oxygen atoms in total. The number of rotatable bonds is 3. The molecule has 0 heterocycles. The number of hydrogen-bond donors (Lipinski definition) is 2. The van der Waals surface area contributed by atoms with E-state index >= 15 is 0 Å². The first-order valence-electron chi connectivity index (χ1n) is 2.06. The number of carbonyl (C=O) groups is 2. The normalized spacial score (nSPS) is 7.56. The van der Waals surface area contributed by atoms with Gasteiger partial charge in [0, 0.05) is 16.5 Å². The predicted molar refractivity (Wildman–Crippen MR) is 24.5 cm³/mol. The summed E-state index contributed by atoms with van der Waals surface area (Å²) in [5.41, 5.74) is 0. The van der Waals surface area contributed by atoms with Crippen LogP contribution in [-0.2, 0) is 26.1 Å². The van der Waals surface area contributed by atoms with E-state index in [1.807, 2.05) is 0 Å². The summed E-state index contributed by atoms with van der Waals surface area (Å²) in [6, 6.07) is 0. The summed E-state index contributed by atoms with van der Waals surface area (Å²) < 4.78 is 0. The van der Waals surface area contributed by atoms with Gasteiger partial charge in [-0.1, -0.05) is 0 Å². The van der Waals surface area contributed by atoms with E-state index in [1.54, 1.807) is 0 Å². The van der Waals surface area contributed by atoms with Crippen molar-refractivity contribution in [2.75, 3.05) is 0 Å². The zero-order valence-electron chi connectivity index (χ0n) is 4.44. The molecule has 0 aliphatic heterocycles. The third-order valence-corrected chi connectivity index (χ3v) is 0.553. The molecule has 0 aromatic heterocycles. The molecule has 0 saturated carbocycles. The topological polar surface area (TPSA) is 74.6 Å². The van der Waals surface area contributed by atoms with Crippen LogP contribution in [0.4, 0.5) is 0 Å². The van der Waals surface area contributed by atoms with Gasteiger partial charge in [-0.2, -0.15) is 0 Å². The molecule has 0 saturated heterocycles. The fourth-order valence-corrected chi connectivity index (χ4v) is 0.214. The van der Waals surface area contributed by atoms with Crippen molar-refractivity contribution >= 4 is 11.9 Å². The molecular formula is C4H6NiO4. The van der Waals surface area contributed by atoms with Gasteiger partial charge in [0.25, 0.3) is 0 Å². The quantitative estimate of drug-likeness (QED) is 0.591. The molecule has 0 bridgehead atoms. The molecule has 5 heteroatoms. The molecule has 9 heavy (non-hydrogen) atoms. The summed E-state index contributed by atoms with van der Waals surface area (Å²) >= 11 is 0. The second-order valence-electron chi connectivity index (χ2n) is 1.29. The van der Waals surface area contributed by atoms with E-state index in [1.165, 1.54) is 0 Å². The van der Waals surface area contributed by atoms with E-state index in [9.17, 15) is 9.59 Å². The maximum Gasteiger partial charge on any atom is 0.303 e. The minimum atomic E-state index is -1.08. The van der Waals surface area contributed by atoms with E-state index in [0.29, 0.717) is 0 Å². The molecule has 0 unspecified atom stereocenters. The van der Waals surface area contributed by atoms with Crippen LogP contribution in [-0.4, -0.2) is 22.2 Å². The van der Waals surface area contributed by atoms with Crippen molar-refractivity contribution < 1.29 is 36.3 Å². The van der Waals surface area contributed by atoms with Crippen LogP contribution in [0.15, 0.2) is 0 Å². The monoisotopic (exact) mass is 176 g/mol. The van der Waals surface area contributed by atoms with Crippen molar-refractivity contribution in [1.82, 2.24) is 0 Å². The Balaban J connectivity index is 0. The molecule has 0 spiro atoms. The molecule has 2 N–H and O–H groups in total. The van der Waals surface area contributed by atoms with Crippen molar-refractivity contribution in [1.29, 1.82) is 0 Å². The third kappa shape index (κ3) is 11.2. The van der Waals surface area contributed by atoms with E-state index in [-0.39, 0.29) is 29.3 Å². The third-order valence-electron chi connectivity index (χ3n) is 0.553. The number of carboxylic acids is 2. The SMILES string of the molecule is O=C(O)CCC(=O)O.[Ni]. The number of hydrogen-bond acceptors (Lipinski definition) is 2. The first kappa shape index (κ1) is 11.3. The minimum Gasteiger partial charge on any atom is -0.481 e. The molecule has 0 aromatic carbocycles. The van der Waals surface area contributed by atoms with Crippen LogP contribution >= 0.6 is 0 Å². The van der Waals surface area contributed by atoms with E-state index in [2.05, 4.69) is 0 Å². The van der Waals surface area contributed by atoms with Crippen LogP contribution in [0.5, 0.6) is 0 Å². The van der Waals surface area contributed by atoms with Gasteiger partial charge in [0.2, 0.25) is 0 Å². The zero-order valence-corrected chi connectivity index (χ0v) is 5.43. The predicted octanol–water partition coefficient (Wildman–Crippen LogP) is -0.0667. The molecule has 0 radical (unpaired) electrons. The first-order chi connectivity index (χ1) is 3.63. The van der Waals surface area contributed by atoms with Crippen LogP contribution < -0.4 is 0 Å². The van der Waals surface area contributed by atoms with Gasteiger partial charge in [0.05, 0.1) is 12.8 Å². The van der Waals surface area contributed by atoms with Crippen molar-refractivity contribution in [3.8, 4) is 0 Å². The summed E-state index contributed by atoms with van der Waals surface area (Å²) in [4.78, 5) is 19.3. The first-order valence-corrected chi connectivity index (χ1v) is 2.06. The van der Waals surface area contributed by atoms with Crippen molar-refractivity contribution in [3.05, 3.63) is 0 Å². The Labute approximate surface area is 61.8 Å². The van der Waals surface area contributed by atoms with Crippen molar-refractivity contribution in [3.63, 3.8) is 0 Å². The molecule has 0 amide bonds. The fourth-order valence-electron chi connectivity index (χ4n) is 0.214. The zero-order chi connectivity index (χ0) is 6.57. The molecule has 56 valence electrons. The molecular weight excluding hydrogens is 171 g/mol. The Kier molecular flexibility index (Phi) is 6.97. The van der Waals surface area contributed by atoms with E-state index in [4.69, 9.17) is 10.2 Å². The smallest absolute Gasteiger partial charge is 0.303 e. The Morgan fingerprint density at radius 1 is 1.00 bits per heavy atom. The Bertz CT molecular complexity index is 97.1.